The lowest BCUT2D eigenvalue weighted by Crippen LogP contribution is -2.49. The topological polar surface area (TPSA) is 54.5 Å². The van der Waals surface area contributed by atoms with Gasteiger partial charge in [0.05, 0.1) is 0 Å². The number of likely N-dealkylation sites (tertiary alicyclic amines) is 1. The van der Waals surface area contributed by atoms with E-state index in [1.54, 1.807) is 4.90 Å². The molecule has 2 rings (SSSR count). The van der Waals surface area contributed by atoms with E-state index in [-0.39, 0.29) is 6.09 Å². The number of ether oxygens (including phenoxy) is 1. The number of hydrogen-bond donors (Lipinski definition) is 1. The first-order valence-electron chi connectivity index (χ1n) is 7.65. The molecule has 1 amide bonds. The van der Waals surface area contributed by atoms with E-state index in [1.807, 2.05) is 39.1 Å². The van der Waals surface area contributed by atoms with Crippen LogP contribution in [0, 0.1) is 0 Å². The molecule has 0 radical (unpaired) electrons. The summed E-state index contributed by atoms with van der Waals surface area (Å²) in [6.07, 6.45) is 3.70. The van der Waals surface area contributed by atoms with Crippen LogP contribution in [0.2, 0.25) is 0 Å². The number of nitrogens with zero attached hydrogens (tertiary/aromatic N) is 2. The SMILES string of the molecule is CC(C)(C)OC(=O)N1CCCC(NCc2ccc(Br)nc2)C1. The van der Waals surface area contributed by atoms with E-state index in [9.17, 15) is 4.79 Å². The fraction of sp³-hybridized carbons (Fsp3) is 0.625. The van der Waals surface area contributed by atoms with Crippen molar-refractivity contribution >= 4 is 22.0 Å². The molecule has 1 atom stereocenters. The van der Waals surface area contributed by atoms with Crippen LogP contribution in [0.3, 0.4) is 0 Å². The standard InChI is InChI=1S/C16H24BrN3O2/c1-16(2,3)22-15(21)20-8-4-5-13(11-20)18-9-12-6-7-14(17)19-10-12/h6-7,10,13,18H,4-5,8-9,11H2,1-3H3. The molecule has 1 aliphatic heterocycles. The Kier molecular flexibility index (Phi) is 5.81. The summed E-state index contributed by atoms with van der Waals surface area (Å²) in [6.45, 7) is 7.90. The van der Waals surface area contributed by atoms with Gasteiger partial charge in [0.25, 0.3) is 0 Å². The van der Waals surface area contributed by atoms with Crippen molar-refractivity contribution in [2.24, 2.45) is 0 Å². The molecule has 0 saturated carbocycles. The molecule has 1 N–H and O–H groups in total. The molecule has 0 aliphatic carbocycles. The minimum Gasteiger partial charge on any atom is -0.444 e. The van der Waals surface area contributed by atoms with Crippen molar-refractivity contribution in [3.63, 3.8) is 0 Å². The Bertz CT molecular complexity index is 499. The number of hydrogen-bond acceptors (Lipinski definition) is 4. The van der Waals surface area contributed by atoms with E-state index in [2.05, 4.69) is 26.2 Å². The van der Waals surface area contributed by atoms with Gasteiger partial charge in [-0.2, -0.15) is 0 Å². The molecule has 1 saturated heterocycles. The molecule has 22 heavy (non-hydrogen) atoms. The predicted octanol–water partition coefficient (Wildman–Crippen LogP) is 3.33. The van der Waals surface area contributed by atoms with Crippen molar-refractivity contribution in [3.05, 3.63) is 28.5 Å². The zero-order chi connectivity index (χ0) is 16.2. The van der Waals surface area contributed by atoms with Crippen LogP contribution >= 0.6 is 15.9 Å². The Labute approximate surface area is 140 Å². The smallest absolute Gasteiger partial charge is 0.410 e. The Morgan fingerprint density at radius 2 is 2.27 bits per heavy atom. The Morgan fingerprint density at radius 3 is 2.91 bits per heavy atom. The van der Waals surface area contributed by atoms with Crippen molar-refractivity contribution < 1.29 is 9.53 Å². The van der Waals surface area contributed by atoms with Gasteiger partial charge < -0.3 is 15.0 Å². The van der Waals surface area contributed by atoms with E-state index in [1.165, 1.54) is 0 Å². The third kappa shape index (κ3) is 5.57. The number of rotatable bonds is 3. The van der Waals surface area contributed by atoms with Gasteiger partial charge in [-0.3, -0.25) is 0 Å². The highest BCUT2D eigenvalue weighted by molar-refractivity contribution is 9.10. The van der Waals surface area contributed by atoms with Gasteiger partial charge in [0.15, 0.2) is 0 Å². The molecule has 1 aromatic heterocycles. The first-order valence-corrected chi connectivity index (χ1v) is 8.44. The van der Waals surface area contributed by atoms with Gasteiger partial charge in [-0.15, -0.1) is 0 Å². The second-order valence-corrected chi connectivity index (χ2v) is 7.45. The molecule has 1 aromatic rings. The van der Waals surface area contributed by atoms with Crippen molar-refractivity contribution in [1.29, 1.82) is 0 Å². The maximum absolute atomic E-state index is 12.1. The zero-order valence-electron chi connectivity index (χ0n) is 13.4. The van der Waals surface area contributed by atoms with Gasteiger partial charge in [-0.05, 0) is 61.2 Å². The lowest BCUT2D eigenvalue weighted by Gasteiger charge is -2.34. The van der Waals surface area contributed by atoms with Crippen molar-refractivity contribution in [2.75, 3.05) is 13.1 Å². The van der Waals surface area contributed by atoms with Crippen molar-refractivity contribution in [3.8, 4) is 0 Å². The Hall–Kier alpha value is -1.14. The van der Waals surface area contributed by atoms with Crippen LogP contribution < -0.4 is 5.32 Å². The molecular formula is C16H24BrN3O2. The quantitative estimate of drug-likeness (QED) is 0.830. The summed E-state index contributed by atoms with van der Waals surface area (Å²) < 4.78 is 6.28. The van der Waals surface area contributed by atoms with Crippen LogP contribution in [0.15, 0.2) is 22.9 Å². The van der Waals surface area contributed by atoms with Crippen LogP contribution in [0.4, 0.5) is 4.79 Å². The number of piperidine rings is 1. The van der Waals surface area contributed by atoms with Crippen LogP contribution in [0.25, 0.3) is 0 Å². The highest BCUT2D eigenvalue weighted by Gasteiger charge is 2.27. The minimum absolute atomic E-state index is 0.218. The normalized spacial score (nSPS) is 19.1. The number of nitrogens with one attached hydrogen (secondary N) is 1. The fourth-order valence-electron chi connectivity index (χ4n) is 2.41. The number of carbonyl (C=O) groups is 1. The van der Waals surface area contributed by atoms with E-state index < -0.39 is 5.60 Å². The van der Waals surface area contributed by atoms with Crippen molar-refractivity contribution in [1.82, 2.24) is 15.2 Å². The molecule has 122 valence electrons. The summed E-state index contributed by atoms with van der Waals surface area (Å²) in [5, 5.41) is 3.50. The number of aromatic nitrogens is 1. The minimum atomic E-state index is -0.444. The van der Waals surface area contributed by atoms with Crippen LogP contribution in [-0.4, -0.2) is 40.7 Å². The Balaban J connectivity index is 1.82. The summed E-state index contributed by atoms with van der Waals surface area (Å²) in [6, 6.07) is 4.27. The zero-order valence-corrected chi connectivity index (χ0v) is 15.0. The van der Waals surface area contributed by atoms with Crippen LogP contribution in [-0.2, 0) is 11.3 Å². The maximum atomic E-state index is 12.1. The van der Waals surface area contributed by atoms with E-state index in [0.29, 0.717) is 12.6 Å². The van der Waals surface area contributed by atoms with Crippen LogP contribution in [0.1, 0.15) is 39.2 Å². The van der Waals surface area contributed by atoms with E-state index in [4.69, 9.17) is 4.74 Å². The number of carbonyl (C=O) groups excluding carboxylic acids is 1. The molecule has 5 nitrogen and oxygen atoms in total. The first kappa shape index (κ1) is 17.2. The predicted molar refractivity (Wildman–Crippen MR) is 89.6 cm³/mol. The van der Waals surface area contributed by atoms with Crippen LogP contribution in [0.5, 0.6) is 0 Å². The maximum Gasteiger partial charge on any atom is 0.410 e. The van der Waals surface area contributed by atoms with Gasteiger partial charge in [0.2, 0.25) is 0 Å². The van der Waals surface area contributed by atoms with Gasteiger partial charge in [0.1, 0.15) is 10.2 Å². The van der Waals surface area contributed by atoms with E-state index >= 15 is 0 Å². The summed E-state index contributed by atoms with van der Waals surface area (Å²) >= 11 is 3.33. The molecule has 1 aliphatic rings. The third-order valence-electron chi connectivity index (χ3n) is 3.46. The fourth-order valence-corrected chi connectivity index (χ4v) is 2.64. The highest BCUT2D eigenvalue weighted by Crippen LogP contribution is 2.16. The second-order valence-electron chi connectivity index (χ2n) is 6.64. The monoisotopic (exact) mass is 369 g/mol. The molecular weight excluding hydrogens is 346 g/mol. The lowest BCUT2D eigenvalue weighted by molar-refractivity contribution is 0.0187. The van der Waals surface area contributed by atoms with Gasteiger partial charge in [-0.25, -0.2) is 9.78 Å². The van der Waals surface area contributed by atoms with Gasteiger partial charge in [0, 0.05) is 31.9 Å². The summed E-state index contributed by atoms with van der Waals surface area (Å²) in [4.78, 5) is 18.1. The number of amides is 1. The average Bonchev–Trinajstić information content (AvgIpc) is 2.45. The highest BCUT2D eigenvalue weighted by atomic mass is 79.9. The van der Waals surface area contributed by atoms with Crippen molar-refractivity contribution in [2.45, 2.75) is 51.8 Å². The Morgan fingerprint density at radius 1 is 1.50 bits per heavy atom. The average molecular weight is 370 g/mol. The molecule has 1 fully saturated rings. The van der Waals surface area contributed by atoms with Gasteiger partial charge >= 0.3 is 6.09 Å². The molecule has 0 aromatic carbocycles. The molecule has 6 heteroatoms. The first-order chi connectivity index (χ1) is 10.3. The molecule has 2 heterocycles. The second kappa shape index (κ2) is 7.42. The molecule has 0 bridgehead atoms. The largest absolute Gasteiger partial charge is 0.444 e. The van der Waals surface area contributed by atoms with Gasteiger partial charge in [-0.1, -0.05) is 6.07 Å². The molecule has 1 unspecified atom stereocenters. The summed E-state index contributed by atoms with van der Waals surface area (Å²) in [5.74, 6) is 0. The molecule has 0 spiro atoms. The number of pyridine rings is 1. The lowest BCUT2D eigenvalue weighted by atomic mass is 10.1. The third-order valence-corrected chi connectivity index (χ3v) is 3.93. The summed E-state index contributed by atoms with van der Waals surface area (Å²) in [7, 11) is 0. The number of halogens is 1. The summed E-state index contributed by atoms with van der Waals surface area (Å²) in [5.41, 5.74) is 0.693. The van der Waals surface area contributed by atoms with E-state index in [0.717, 1.165) is 36.1 Å².